The second-order valence-corrected chi connectivity index (χ2v) is 8.05. The number of benzene rings is 2. The van der Waals surface area contributed by atoms with Crippen LogP contribution < -0.4 is 15.5 Å². The lowest BCUT2D eigenvalue weighted by molar-refractivity contribution is -0.384. The van der Waals surface area contributed by atoms with E-state index in [-0.39, 0.29) is 23.0 Å². The largest absolute Gasteiger partial charge is 0.378 e. The summed E-state index contributed by atoms with van der Waals surface area (Å²) in [5.74, 6) is -0.961. The molecule has 0 unspecified atom stereocenters. The number of hydrogen-bond donors (Lipinski definition) is 1. The van der Waals surface area contributed by atoms with E-state index >= 15 is 0 Å². The van der Waals surface area contributed by atoms with Gasteiger partial charge in [0.05, 0.1) is 16.8 Å². The Morgan fingerprint density at radius 2 is 1.97 bits per heavy atom. The Kier molecular flexibility index (Phi) is 6.65. The standard InChI is InChI=1S/C20H20N6O4S/c1-24(2)14-8-6-13(7-9-14)12-22-23-20(21)31-17-11-18(27)25(19(17)28)15-4-3-5-16(10-15)26(29)30/h3-10,12,17H,11H2,1-2H3,(H2,21,23)/b22-12-/t17-/m1/s1. The summed E-state index contributed by atoms with van der Waals surface area (Å²) < 4.78 is 0. The minimum atomic E-state index is -0.773. The van der Waals surface area contributed by atoms with Crippen LogP contribution >= 0.6 is 11.8 Å². The number of hydrogen-bond acceptors (Lipinski definition) is 8. The van der Waals surface area contributed by atoms with Gasteiger partial charge in [-0.25, -0.2) is 4.90 Å². The van der Waals surface area contributed by atoms with Crippen LogP contribution in [0.4, 0.5) is 17.1 Å². The molecule has 1 atom stereocenters. The van der Waals surface area contributed by atoms with Crippen LogP contribution in [0.1, 0.15) is 12.0 Å². The molecule has 1 aliphatic heterocycles. The second-order valence-electron chi connectivity index (χ2n) is 6.82. The third-order valence-corrected chi connectivity index (χ3v) is 5.42. The summed E-state index contributed by atoms with van der Waals surface area (Å²) in [5, 5.41) is 18.0. The zero-order chi connectivity index (χ0) is 22.5. The Labute approximate surface area is 182 Å². The Balaban J connectivity index is 1.65. The van der Waals surface area contributed by atoms with Gasteiger partial charge < -0.3 is 10.6 Å². The van der Waals surface area contributed by atoms with E-state index in [1.807, 2.05) is 43.3 Å². The summed E-state index contributed by atoms with van der Waals surface area (Å²) in [6.07, 6.45) is 1.45. The van der Waals surface area contributed by atoms with Crippen molar-refractivity contribution in [3.63, 3.8) is 0 Å². The maximum Gasteiger partial charge on any atom is 0.271 e. The lowest BCUT2D eigenvalue weighted by Gasteiger charge is -2.14. The quantitative estimate of drug-likeness (QED) is 0.239. The van der Waals surface area contributed by atoms with Gasteiger partial charge in [0.15, 0.2) is 5.17 Å². The van der Waals surface area contributed by atoms with Gasteiger partial charge in [0.1, 0.15) is 5.25 Å². The van der Waals surface area contributed by atoms with Crippen LogP contribution in [-0.2, 0) is 9.59 Å². The number of non-ortho nitro benzene ring substituents is 1. The number of nitrogens with zero attached hydrogens (tertiary/aromatic N) is 5. The molecule has 1 saturated heterocycles. The predicted octanol–water partition coefficient (Wildman–Crippen LogP) is 2.37. The summed E-state index contributed by atoms with van der Waals surface area (Å²) in [5.41, 5.74) is 7.69. The predicted molar refractivity (Wildman–Crippen MR) is 122 cm³/mol. The zero-order valence-corrected chi connectivity index (χ0v) is 17.7. The van der Waals surface area contributed by atoms with Gasteiger partial charge in [-0.15, -0.1) is 5.10 Å². The van der Waals surface area contributed by atoms with Crippen molar-refractivity contribution >= 4 is 52.0 Å². The van der Waals surface area contributed by atoms with Crippen LogP contribution in [0.2, 0.25) is 0 Å². The number of amides is 2. The van der Waals surface area contributed by atoms with Crippen LogP contribution in [0, 0.1) is 10.1 Å². The number of nitro groups is 1. The highest BCUT2D eigenvalue weighted by Gasteiger charge is 2.41. The molecule has 1 aliphatic rings. The summed E-state index contributed by atoms with van der Waals surface area (Å²) >= 11 is 0.931. The Morgan fingerprint density at radius 3 is 2.61 bits per heavy atom. The van der Waals surface area contributed by atoms with Gasteiger partial charge >= 0.3 is 0 Å². The van der Waals surface area contributed by atoms with Gasteiger partial charge in [-0.2, -0.15) is 5.10 Å². The van der Waals surface area contributed by atoms with Gasteiger partial charge in [0.2, 0.25) is 11.8 Å². The van der Waals surface area contributed by atoms with Crippen LogP contribution in [0.25, 0.3) is 0 Å². The van der Waals surface area contributed by atoms with Crippen molar-refractivity contribution in [1.29, 1.82) is 0 Å². The van der Waals surface area contributed by atoms with E-state index in [0.29, 0.717) is 0 Å². The number of carbonyl (C=O) groups excluding carboxylic acids is 2. The van der Waals surface area contributed by atoms with Crippen molar-refractivity contribution in [2.45, 2.75) is 11.7 Å². The monoisotopic (exact) mass is 440 g/mol. The highest BCUT2D eigenvalue weighted by atomic mass is 32.2. The van der Waals surface area contributed by atoms with E-state index in [4.69, 9.17) is 5.73 Å². The average molecular weight is 440 g/mol. The van der Waals surface area contributed by atoms with Gasteiger partial charge in [-0.05, 0) is 23.8 Å². The average Bonchev–Trinajstić information content (AvgIpc) is 3.01. The molecule has 11 heteroatoms. The maximum atomic E-state index is 12.7. The Bertz CT molecular complexity index is 1070. The topological polar surface area (TPSA) is 134 Å². The first-order valence-electron chi connectivity index (χ1n) is 9.18. The number of carbonyl (C=O) groups is 2. The van der Waals surface area contributed by atoms with E-state index in [1.165, 1.54) is 30.5 Å². The highest BCUT2D eigenvalue weighted by molar-refractivity contribution is 8.14. The van der Waals surface area contributed by atoms with Crippen molar-refractivity contribution in [2.24, 2.45) is 15.9 Å². The third-order valence-electron chi connectivity index (χ3n) is 4.44. The molecule has 0 radical (unpaired) electrons. The van der Waals surface area contributed by atoms with E-state index in [1.54, 1.807) is 0 Å². The van der Waals surface area contributed by atoms with Crippen LogP contribution in [0.3, 0.4) is 0 Å². The fourth-order valence-electron chi connectivity index (χ4n) is 2.89. The summed E-state index contributed by atoms with van der Waals surface area (Å²) in [7, 11) is 3.89. The number of nitrogens with two attached hydrogens (primary N) is 1. The number of nitro benzene ring substituents is 1. The maximum absolute atomic E-state index is 12.7. The van der Waals surface area contributed by atoms with Gasteiger partial charge in [-0.1, -0.05) is 30.0 Å². The smallest absolute Gasteiger partial charge is 0.271 e. The Morgan fingerprint density at radius 1 is 1.26 bits per heavy atom. The molecule has 10 nitrogen and oxygen atoms in total. The molecule has 1 heterocycles. The number of amidine groups is 1. The minimum Gasteiger partial charge on any atom is -0.378 e. The minimum absolute atomic E-state index is 0.0354. The molecular weight excluding hydrogens is 420 g/mol. The van der Waals surface area contributed by atoms with Gasteiger partial charge in [0, 0.05) is 38.3 Å². The molecule has 2 N–H and O–H groups in total. The first-order valence-corrected chi connectivity index (χ1v) is 10.1. The number of thioether (sulfide) groups is 1. The van der Waals surface area contributed by atoms with Crippen molar-refractivity contribution in [3.8, 4) is 0 Å². The van der Waals surface area contributed by atoms with Crippen molar-refractivity contribution < 1.29 is 14.5 Å². The summed E-state index contributed by atoms with van der Waals surface area (Å²) in [6.45, 7) is 0. The molecule has 3 rings (SSSR count). The molecule has 0 bridgehead atoms. The molecule has 160 valence electrons. The number of anilines is 2. The summed E-state index contributed by atoms with van der Waals surface area (Å²) in [6, 6.07) is 13.0. The fraction of sp³-hybridized carbons (Fsp3) is 0.200. The molecule has 0 aliphatic carbocycles. The van der Waals surface area contributed by atoms with Gasteiger partial charge in [0.25, 0.3) is 5.69 Å². The van der Waals surface area contributed by atoms with Crippen LogP contribution in [0.5, 0.6) is 0 Å². The van der Waals surface area contributed by atoms with Crippen molar-refractivity contribution in [1.82, 2.24) is 0 Å². The molecule has 1 fully saturated rings. The fourth-order valence-corrected chi connectivity index (χ4v) is 3.71. The van der Waals surface area contributed by atoms with E-state index < -0.39 is 22.0 Å². The SMILES string of the molecule is CN(C)c1ccc(/C=N\N=C(N)S[C@@H]2CC(=O)N(c3cccc([N+](=O)[O-])c3)C2=O)cc1. The number of imide groups is 1. The first-order chi connectivity index (χ1) is 14.8. The van der Waals surface area contributed by atoms with E-state index in [9.17, 15) is 19.7 Å². The van der Waals surface area contributed by atoms with Crippen molar-refractivity contribution in [2.75, 3.05) is 23.9 Å². The van der Waals surface area contributed by atoms with E-state index in [2.05, 4.69) is 10.2 Å². The third kappa shape index (κ3) is 5.25. The zero-order valence-electron chi connectivity index (χ0n) is 16.8. The number of rotatable bonds is 6. The van der Waals surface area contributed by atoms with E-state index in [0.717, 1.165) is 27.9 Å². The molecule has 0 saturated carbocycles. The molecule has 2 aromatic carbocycles. The second kappa shape index (κ2) is 9.39. The normalized spacial score (nSPS) is 16.9. The molecule has 0 aromatic heterocycles. The highest BCUT2D eigenvalue weighted by Crippen LogP contribution is 2.31. The lowest BCUT2D eigenvalue weighted by Crippen LogP contribution is -2.31. The lowest BCUT2D eigenvalue weighted by atomic mass is 10.2. The Hall–Kier alpha value is -3.73. The summed E-state index contributed by atoms with van der Waals surface area (Å²) in [4.78, 5) is 38.3. The molecular formula is C20H20N6O4S. The van der Waals surface area contributed by atoms with Gasteiger partial charge in [-0.3, -0.25) is 19.7 Å². The molecule has 2 aromatic rings. The molecule has 2 amide bonds. The van der Waals surface area contributed by atoms with Crippen molar-refractivity contribution in [3.05, 3.63) is 64.2 Å². The van der Waals surface area contributed by atoms with Crippen LogP contribution in [0.15, 0.2) is 58.7 Å². The van der Waals surface area contributed by atoms with Crippen LogP contribution in [-0.4, -0.2) is 47.5 Å². The molecule has 0 spiro atoms. The first kappa shape index (κ1) is 22.0. The molecule has 31 heavy (non-hydrogen) atoms.